The lowest BCUT2D eigenvalue weighted by Gasteiger charge is -1.92. The Hall–Kier alpha value is -1.16. The molecule has 0 atom stereocenters. The van der Waals surface area contributed by atoms with Gasteiger partial charge in [0.05, 0.1) is 6.61 Å². The van der Waals surface area contributed by atoms with E-state index in [9.17, 15) is 4.79 Å². The van der Waals surface area contributed by atoms with Gasteiger partial charge < -0.3 is 4.74 Å². The number of thiazole rings is 1. The first-order chi connectivity index (χ1) is 8.22. The molecule has 0 saturated carbocycles. The average molecular weight is 257 g/mol. The maximum Gasteiger partial charge on any atom is 0.330 e. The van der Waals surface area contributed by atoms with Crippen LogP contribution < -0.4 is 0 Å². The highest BCUT2D eigenvalue weighted by Gasteiger charge is 1.96. The smallest absolute Gasteiger partial charge is 0.330 e. The van der Waals surface area contributed by atoms with Crippen molar-refractivity contribution in [2.45, 2.75) is 41.5 Å². The Labute approximate surface area is 109 Å². The van der Waals surface area contributed by atoms with Crippen molar-refractivity contribution in [3.05, 3.63) is 22.2 Å². The number of hydrogen-bond donors (Lipinski definition) is 0. The number of aromatic nitrogens is 1. The Balaban J connectivity index is 0. The third-order valence-electron chi connectivity index (χ3n) is 1.29. The Morgan fingerprint density at radius 2 is 2.00 bits per heavy atom. The summed E-state index contributed by atoms with van der Waals surface area (Å²) in [4.78, 5) is 16.1. The maximum atomic E-state index is 10.9. The highest BCUT2D eigenvalue weighted by molar-refractivity contribution is 7.12. The molecule has 0 radical (unpaired) electrons. The number of hydrogen-bond acceptors (Lipinski definition) is 4. The van der Waals surface area contributed by atoms with Crippen LogP contribution in [0.5, 0.6) is 0 Å². The van der Waals surface area contributed by atoms with Crippen molar-refractivity contribution in [1.82, 2.24) is 4.98 Å². The van der Waals surface area contributed by atoms with Gasteiger partial charge >= 0.3 is 5.97 Å². The summed E-state index contributed by atoms with van der Waals surface area (Å²) in [5.41, 5.74) is 0. The van der Waals surface area contributed by atoms with Gasteiger partial charge in [-0.15, -0.1) is 11.3 Å². The van der Waals surface area contributed by atoms with Crippen molar-refractivity contribution in [1.29, 1.82) is 0 Å². The molecule has 0 fully saturated rings. The number of rotatable bonds is 3. The van der Waals surface area contributed by atoms with E-state index in [0.29, 0.717) is 6.61 Å². The normalized spacial score (nSPS) is 8.82. The molecule has 98 valence electrons. The van der Waals surface area contributed by atoms with Crippen LogP contribution in [0.25, 0.3) is 6.08 Å². The standard InChI is InChI=1S/C9H11NO2S.2C2H6/c1-3-12-9(11)5-4-8-10-6-7(2)13-8;2*1-2/h4-6H,3H2,1-2H3;2*1-2H3/b5-4+;;. The van der Waals surface area contributed by atoms with Crippen molar-refractivity contribution in [2.75, 3.05) is 6.61 Å². The Morgan fingerprint density at radius 3 is 2.41 bits per heavy atom. The van der Waals surface area contributed by atoms with Gasteiger partial charge in [-0.3, -0.25) is 0 Å². The molecule has 1 aromatic heterocycles. The van der Waals surface area contributed by atoms with Crippen LogP contribution in [-0.4, -0.2) is 17.6 Å². The molecule has 0 bridgehead atoms. The maximum absolute atomic E-state index is 10.9. The predicted molar refractivity (Wildman–Crippen MR) is 75.2 cm³/mol. The lowest BCUT2D eigenvalue weighted by molar-refractivity contribution is -0.137. The van der Waals surface area contributed by atoms with Crippen LogP contribution >= 0.6 is 11.3 Å². The van der Waals surface area contributed by atoms with Crippen LogP contribution in [0.15, 0.2) is 12.3 Å². The number of ether oxygens (including phenoxy) is 1. The highest BCUT2D eigenvalue weighted by atomic mass is 32.1. The summed E-state index contributed by atoms with van der Waals surface area (Å²) in [5.74, 6) is -0.324. The molecular formula is C13H23NO2S. The fourth-order valence-corrected chi connectivity index (χ4v) is 1.46. The topological polar surface area (TPSA) is 39.2 Å². The molecule has 0 saturated heterocycles. The van der Waals surface area contributed by atoms with E-state index in [4.69, 9.17) is 4.74 Å². The zero-order valence-corrected chi connectivity index (χ0v) is 12.4. The van der Waals surface area contributed by atoms with Gasteiger partial charge in [0.2, 0.25) is 0 Å². The summed E-state index contributed by atoms with van der Waals surface area (Å²) in [7, 11) is 0. The SMILES string of the molecule is CC.CC.CCOC(=O)/C=C/c1ncc(C)s1. The van der Waals surface area contributed by atoms with Crippen molar-refractivity contribution < 1.29 is 9.53 Å². The molecular weight excluding hydrogens is 234 g/mol. The molecule has 0 aliphatic rings. The van der Waals surface area contributed by atoms with E-state index >= 15 is 0 Å². The molecule has 0 unspecified atom stereocenters. The number of carbonyl (C=O) groups excluding carboxylic acids is 1. The van der Waals surface area contributed by atoms with Crippen molar-refractivity contribution >= 4 is 23.4 Å². The Kier molecular flexibility index (Phi) is 13.8. The molecule has 0 aromatic carbocycles. The van der Waals surface area contributed by atoms with Gasteiger partial charge in [-0.2, -0.15) is 0 Å². The van der Waals surface area contributed by atoms with E-state index < -0.39 is 0 Å². The average Bonchev–Trinajstić information content (AvgIpc) is 2.78. The molecule has 0 amide bonds. The van der Waals surface area contributed by atoms with Gasteiger partial charge in [0.25, 0.3) is 0 Å². The second-order valence-corrected chi connectivity index (χ2v) is 3.66. The molecule has 0 aliphatic carbocycles. The van der Waals surface area contributed by atoms with Gasteiger partial charge in [-0.05, 0) is 19.9 Å². The molecule has 0 N–H and O–H groups in total. The highest BCUT2D eigenvalue weighted by Crippen LogP contribution is 2.12. The van der Waals surface area contributed by atoms with Crippen LogP contribution in [0.3, 0.4) is 0 Å². The summed E-state index contributed by atoms with van der Waals surface area (Å²) in [6, 6.07) is 0. The Morgan fingerprint density at radius 1 is 1.41 bits per heavy atom. The summed E-state index contributed by atoms with van der Waals surface area (Å²) in [5, 5.41) is 0.825. The van der Waals surface area contributed by atoms with Crippen LogP contribution in [0.2, 0.25) is 0 Å². The third kappa shape index (κ3) is 9.75. The zero-order chi connectivity index (χ0) is 13.7. The number of carbonyl (C=O) groups is 1. The minimum absolute atomic E-state index is 0.324. The van der Waals surface area contributed by atoms with Gasteiger partial charge in [0.15, 0.2) is 0 Å². The minimum atomic E-state index is -0.324. The molecule has 17 heavy (non-hydrogen) atoms. The van der Waals surface area contributed by atoms with Crippen LogP contribution in [0.4, 0.5) is 0 Å². The van der Waals surface area contributed by atoms with Crippen molar-refractivity contribution in [3.63, 3.8) is 0 Å². The first-order valence-electron chi connectivity index (χ1n) is 5.99. The molecule has 1 heterocycles. The van der Waals surface area contributed by atoms with Crippen LogP contribution in [0.1, 0.15) is 44.5 Å². The second-order valence-electron chi connectivity index (χ2n) is 2.39. The van der Waals surface area contributed by atoms with E-state index in [1.165, 1.54) is 6.08 Å². The van der Waals surface area contributed by atoms with Gasteiger partial charge in [0.1, 0.15) is 5.01 Å². The van der Waals surface area contributed by atoms with Crippen molar-refractivity contribution in [3.8, 4) is 0 Å². The minimum Gasteiger partial charge on any atom is -0.463 e. The molecule has 4 heteroatoms. The zero-order valence-electron chi connectivity index (χ0n) is 11.6. The van der Waals surface area contributed by atoms with E-state index in [0.717, 1.165) is 9.88 Å². The van der Waals surface area contributed by atoms with E-state index in [-0.39, 0.29) is 5.97 Å². The number of esters is 1. The van der Waals surface area contributed by atoms with Crippen LogP contribution in [0, 0.1) is 6.92 Å². The number of aryl methyl sites for hydroxylation is 1. The Bertz CT molecular complexity index is 319. The first-order valence-corrected chi connectivity index (χ1v) is 6.81. The lowest BCUT2D eigenvalue weighted by atomic mass is 10.5. The first kappa shape index (κ1) is 18.2. The largest absolute Gasteiger partial charge is 0.463 e. The second kappa shape index (κ2) is 12.9. The van der Waals surface area contributed by atoms with E-state index in [2.05, 4.69) is 4.98 Å². The summed E-state index contributed by atoms with van der Waals surface area (Å²) < 4.78 is 4.72. The summed E-state index contributed by atoms with van der Waals surface area (Å²) in [6.45, 7) is 12.2. The fourth-order valence-electron chi connectivity index (χ4n) is 0.779. The van der Waals surface area contributed by atoms with E-state index in [1.807, 2.05) is 34.6 Å². The molecule has 0 aliphatic heterocycles. The molecule has 0 spiro atoms. The van der Waals surface area contributed by atoms with Crippen LogP contribution in [-0.2, 0) is 9.53 Å². The fraction of sp³-hybridized carbons (Fsp3) is 0.538. The quantitative estimate of drug-likeness (QED) is 0.605. The number of nitrogens with zero attached hydrogens (tertiary/aromatic N) is 1. The van der Waals surface area contributed by atoms with Gasteiger partial charge in [-0.1, -0.05) is 27.7 Å². The molecule has 1 aromatic rings. The molecule has 3 nitrogen and oxygen atoms in total. The summed E-state index contributed by atoms with van der Waals surface area (Å²) in [6.07, 6.45) is 4.83. The predicted octanol–water partition coefficient (Wildman–Crippen LogP) is 4.08. The molecule has 1 rings (SSSR count). The van der Waals surface area contributed by atoms with E-state index in [1.54, 1.807) is 30.5 Å². The van der Waals surface area contributed by atoms with Crippen molar-refractivity contribution in [2.24, 2.45) is 0 Å². The lowest BCUT2D eigenvalue weighted by Crippen LogP contribution is -1.98. The van der Waals surface area contributed by atoms with Gasteiger partial charge in [0, 0.05) is 17.2 Å². The monoisotopic (exact) mass is 257 g/mol. The third-order valence-corrected chi connectivity index (χ3v) is 2.17. The van der Waals surface area contributed by atoms with Gasteiger partial charge in [-0.25, -0.2) is 9.78 Å². The summed E-state index contributed by atoms with van der Waals surface area (Å²) >= 11 is 1.54.